The van der Waals surface area contributed by atoms with E-state index in [-0.39, 0.29) is 72.3 Å². The minimum absolute atomic E-state index is 0. The number of hydrogen-bond donors (Lipinski definition) is 0. The van der Waals surface area contributed by atoms with E-state index in [2.05, 4.69) is 193 Å². The van der Waals surface area contributed by atoms with Gasteiger partial charge in [0.2, 0.25) is 0 Å². The fraction of sp³-hybridized carbons (Fsp3) is 0.444. The fourth-order valence-corrected chi connectivity index (χ4v) is 7.62. The van der Waals surface area contributed by atoms with E-state index in [4.69, 9.17) is 0 Å². The van der Waals surface area contributed by atoms with Gasteiger partial charge >= 0.3 is 25.8 Å². The molecule has 0 heterocycles. The summed E-state index contributed by atoms with van der Waals surface area (Å²) in [5, 5.41) is 5.62. The third-order valence-corrected chi connectivity index (χ3v) is 11.6. The minimum Gasteiger partial charge on any atom is -1.00 e. The first kappa shape index (κ1) is 50.1. The van der Waals surface area contributed by atoms with Gasteiger partial charge in [0.05, 0.1) is 0 Å². The van der Waals surface area contributed by atoms with Crippen molar-refractivity contribution in [3.63, 3.8) is 0 Å². The average Bonchev–Trinajstić information content (AvgIpc) is 4.04. The topological polar surface area (TPSA) is 0 Å². The second kappa shape index (κ2) is 19.2. The zero-order chi connectivity index (χ0) is 40.1. The van der Waals surface area contributed by atoms with Crippen molar-refractivity contribution in [3.8, 4) is 22.3 Å². The second-order valence-corrected chi connectivity index (χ2v) is 21.8. The molecule has 306 valence electrons. The first-order valence-electron chi connectivity index (χ1n) is 21.0. The number of hydrogen-bond acceptors (Lipinski definition) is 0. The Morgan fingerprint density at radius 2 is 0.724 bits per heavy atom. The molecule has 0 atom stereocenters. The van der Waals surface area contributed by atoms with Gasteiger partial charge in [-0.3, -0.25) is 0 Å². The Bertz CT molecular complexity index is 2040. The Labute approximate surface area is 386 Å². The SMILES string of the molecule is CC(C)(C)c1cc(-c2cccc3[cH-]c(C4CC4)cc23)cc(C(C)(C)C)c1.CC(C)(C)c1cc(-c2cccc3[cH-]c(C4CC4)cc23)cc(C(C)(C)C)c1.C[Si]C.[Cl-].[Cl-].[Hf+4]. The smallest absolute Gasteiger partial charge is 1.00 e. The van der Waals surface area contributed by atoms with Crippen LogP contribution in [0.3, 0.4) is 0 Å². The van der Waals surface area contributed by atoms with Crippen LogP contribution in [-0.2, 0) is 47.5 Å². The number of fused-ring (bicyclic) bond motifs is 2. The van der Waals surface area contributed by atoms with E-state index in [1.807, 2.05) is 0 Å². The molecular formula is C54H68Cl2HfSi. The van der Waals surface area contributed by atoms with Gasteiger partial charge in [-0.05, 0) is 92.6 Å². The maximum atomic E-state index is 2.45. The van der Waals surface area contributed by atoms with E-state index in [1.165, 1.54) is 103 Å². The van der Waals surface area contributed by atoms with E-state index in [9.17, 15) is 0 Å². The molecule has 2 radical (unpaired) electrons. The third kappa shape index (κ3) is 12.0. The van der Waals surface area contributed by atoms with Gasteiger partial charge in [0.1, 0.15) is 0 Å². The van der Waals surface area contributed by atoms with Crippen molar-refractivity contribution in [1.82, 2.24) is 0 Å². The van der Waals surface area contributed by atoms with Gasteiger partial charge in [-0.2, -0.15) is 12.1 Å². The van der Waals surface area contributed by atoms with Crippen LogP contribution in [0.1, 0.15) is 154 Å². The summed E-state index contributed by atoms with van der Waals surface area (Å²) < 4.78 is 0. The molecule has 58 heavy (non-hydrogen) atoms. The molecule has 0 aromatic heterocycles. The van der Waals surface area contributed by atoms with Crippen molar-refractivity contribution in [3.05, 3.63) is 130 Å². The summed E-state index contributed by atoms with van der Waals surface area (Å²) in [7, 11) is 1.08. The maximum Gasteiger partial charge on any atom is 4.00 e. The molecular weight excluding hydrogens is 926 g/mol. The molecule has 0 aliphatic heterocycles. The van der Waals surface area contributed by atoms with E-state index in [0.717, 1.165) is 21.4 Å². The van der Waals surface area contributed by atoms with Crippen LogP contribution in [0.5, 0.6) is 0 Å². The predicted octanol–water partition coefficient (Wildman–Crippen LogP) is 10.2. The predicted molar refractivity (Wildman–Crippen MR) is 246 cm³/mol. The average molecular weight is 995 g/mol. The molecule has 0 saturated heterocycles. The van der Waals surface area contributed by atoms with Gasteiger partial charge in [-0.25, -0.2) is 0 Å². The van der Waals surface area contributed by atoms with Crippen molar-refractivity contribution in [2.75, 3.05) is 0 Å². The summed E-state index contributed by atoms with van der Waals surface area (Å²) in [5.41, 5.74) is 14.8. The Morgan fingerprint density at radius 3 is 0.966 bits per heavy atom. The van der Waals surface area contributed by atoms with Crippen molar-refractivity contribution in [2.45, 2.75) is 155 Å². The van der Waals surface area contributed by atoms with Gasteiger partial charge in [-0.15, -0.1) is 69.1 Å². The molecule has 0 unspecified atom stereocenters. The maximum absolute atomic E-state index is 2.45. The third-order valence-electron chi connectivity index (χ3n) is 11.6. The summed E-state index contributed by atoms with van der Waals surface area (Å²) >= 11 is 0. The van der Waals surface area contributed by atoms with Gasteiger partial charge in [0, 0.05) is 9.52 Å². The zero-order valence-corrected chi connectivity index (χ0v) is 44.1. The number of halogens is 2. The van der Waals surface area contributed by atoms with E-state index < -0.39 is 0 Å². The van der Waals surface area contributed by atoms with Crippen LogP contribution in [0.25, 0.3) is 43.8 Å². The van der Waals surface area contributed by atoms with E-state index in [0.29, 0.717) is 0 Å². The van der Waals surface area contributed by atoms with Gasteiger partial charge in [0.15, 0.2) is 0 Å². The Balaban J connectivity index is 0.000000277. The van der Waals surface area contributed by atoms with Crippen LogP contribution in [-0.4, -0.2) is 9.52 Å². The van der Waals surface area contributed by atoms with Crippen LogP contribution in [0.15, 0.2) is 97.1 Å². The van der Waals surface area contributed by atoms with Crippen LogP contribution in [0.4, 0.5) is 0 Å². The van der Waals surface area contributed by atoms with Gasteiger partial charge in [-0.1, -0.05) is 156 Å². The second-order valence-electron chi connectivity index (χ2n) is 20.8. The molecule has 6 aromatic rings. The van der Waals surface area contributed by atoms with Crippen LogP contribution in [0, 0.1) is 0 Å². The van der Waals surface area contributed by atoms with E-state index in [1.54, 1.807) is 0 Å². The standard InChI is InChI=1S/2C26H31.C2H6Si.2ClH.Hf/c2*1-25(2,3)21-13-20(14-22(16-21)26(4,5)6)23-9-7-8-18-12-19(15-24(18)23)17-10-11-17;1-3-2;;;/h2*7-9,12-17H,10-11H2,1-6H3;1-2H3;2*1H;/q2*-1;;;;+4/p-2. The quantitative estimate of drug-likeness (QED) is 0.122. The first-order chi connectivity index (χ1) is 25.7. The van der Waals surface area contributed by atoms with E-state index >= 15 is 0 Å². The van der Waals surface area contributed by atoms with Crippen molar-refractivity contribution in [2.24, 2.45) is 0 Å². The van der Waals surface area contributed by atoms with Crippen molar-refractivity contribution in [1.29, 1.82) is 0 Å². The van der Waals surface area contributed by atoms with Crippen molar-refractivity contribution < 1.29 is 50.7 Å². The number of rotatable bonds is 4. The molecule has 0 bridgehead atoms. The summed E-state index contributed by atoms with van der Waals surface area (Å²) in [6.07, 6.45) is 5.44. The molecule has 4 heteroatoms. The summed E-state index contributed by atoms with van der Waals surface area (Å²) in [6.45, 7) is 32.1. The van der Waals surface area contributed by atoms with Crippen LogP contribution < -0.4 is 24.8 Å². The molecule has 0 nitrogen and oxygen atoms in total. The van der Waals surface area contributed by atoms with Gasteiger partial charge < -0.3 is 24.8 Å². The largest absolute Gasteiger partial charge is 4.00 e. The Hall–Kier alpha value is -2.23. The Morgan fingerprint density at radius 1 is 0.448 bits per heavy atom. The monoisotopic (exact) mass is 994 g/mol. The normalized spacial score (nSPS) is 14.3. The first-order valence-corrected chi connectivity index (χ1v) is 23.0. The van der Waals surface area contributed by atoms with Crippen LogP contribution in [0.2, 0.25) is 13.1 Å². The molecule has 2 aliphatic rings. The molecule has 0 amide bonds. The van der Waals surface area contributed by atoms with Crippen molar-refractivity contribution >= 4 is 31.1 Å². The van der Waals surface area contributed by atoms with Gasteiger partial charge in [0.25, 0.3) is 0 Å². The molecule has 0 N–H and O–H groups in total. The minimum atomic E-state index is 0. The molecule has 6 aromatic carbocycles. The molecule has 2 saturated carbocycles. The summed E-state index contributed by atoms with van der Waals surface area (Å²) in [5.74, 6) is 1.61. The summed E-state index contributed by atoms with van der Waals surface area (Å²) in [6, 6.07) is 37.7. The zero-order valence-electron chi connectivity index (χ0n) is 38.0. The molecule has 2 aliphatic carbocycles. The summed E-state index contributed by atoms with van der Waals surface area (Å²) in [4.78, 5) is 0. The van der Waals surface area contributed by atoms with Crippen LogP contribution >= 0.6 is 0 Å². The molecule has 2 fully saturated rings. The number of benzene rings is 4. The molecule has 8 rings (SSSR count). The molecule has 0 spiro atoms. The Kier molecular flexibility index (Phi) is 16.6. The fourth-order valence-electron chi connectivity index (χ4n) is 7.62.